The maximum atomic E-state index is 4.40. The second-order valence-corrected chi connectivity index (χ2v) is 6.58. The molecule has 138 valence electrons. The van der Waals surface area contributed by atoms with Gasteiger partial charge in [0.05, 0.1) is 6.04 Å². The van der Waals surface area contributed by atoms with Gasteiger partial charge in [0.2, 0.25) is 0 Å². The van der Waals surface area contributed by atoms with E-state index in [9.17, 15) is 0 Å². The van der Waals surface area contributed by atoms with Crippen molar-refractivity contribution in [1.29, 1.82) is 0 Å². The van der Waals surface area contributed by atoms with Crippen molar-refractivity contribution in [3.63, 3.8) is 0 Å². The smallest absolute Gasteiger partial charge is 0.327 e. The van der Waals surface area contributed by atoms with E-state index in [1.54, 1.807) is 0 Å². The zero-order valence-corrected chi connectivity index (χ0v) is 16.2. The molecule has 0 spiro atoms. The average Bonchev–Trinajstić information content (AvgIpc) is 3.15. The molecule has 0 unspecified atom stereocenters. The molecule has 0 aliphatic rings. The maximum Gasteiger partial charge on any atom is 1.00 e. The van der Waals surface area contributed by atoms with Crippen molar-refractivity contribution in [2.24, 2.45) is 0 Å². The van der Waals surface area contributed by atoms with Crippen LogP contribution in [0.25, 0.3) is 11.3 Å². The minimum absolute atomic E-state index is 0. The Morgan fingerprint density at radius 1 is 0.741 bits per heavy atom. The van der Waals surface area contributed by atoms with Gasteiger partial charge in [0.1, 0.15) is 0 Å². The Morgan fingerprint density at radius 2 is 1.26 bits per heavy atom. The molecule has 3 aromatic carbocycles. The van der Waals surface area contributed by atoms with Gasteiger partial charge in [-0.15, -0.1) is 23.9 Å². The Bertz CT molecular complexity index is 945. The van der Waals surface area contributed by atoms with Crippen LogP contribution in [0.15, 0.2) is 78.9 Å². The van der Waals surface area contributed by atoms with E-state index in [4.69, 9.17) is 0 Å². The average molecular weight is 402 g/mol. The maximum absolute atomic E-state index is 4.40. The van der Waals surface area contributed by atoms with Gasteiger partial charge in [-0.2, -0.15) is 5.10 Å². The number of aromatic nitrogens is 3. The van der Waals surface area contributed by atoms with E-state index in [1.165, 1.54) is 22.3 Å². The Morgan fingerprint density at radius 3 is 1.78 bits per heavy atom. The summed E-state index contributed by atoms with van der Waals surface area (Å²) in [6.07, 6.45) is 3.35. The van der Waals surface area contributed by atoms with E-state index >= 15 is 0 Å². The summed E-state index contributed by atoms with van der Waals surface area (Å²) < 4.78 is 1.83. The molecule has 0 radical (unpaired) electrons. The third-order valence-corrected chi connectivity index (χ3v) is 4.54. The second kappa shape index (κ2) is 8.34. The van der Waals surface area contributed by atoms with Crippen LogP contribution in [0, 0.1) is 20.0 Å². The number of rotatable bonds is 4. The zero-order chi connectivity index (χ0) is 17.9. The molecule has 0 saturated carbocycles. The van der Waals surface area contributed by atoms with Crippen molar-refractivity contribution in [1.82, 2.24) is 15.0 Å². The SMILES string of the molecule is Cc1ccc(C(c2ccc(C)cc2)n2[c-]c(-c3ccccc3)nn2)cc1.[Cu+]. The molecule has 1 aromatic heterocycles. The van der Waals surface area contributed by atoms with Crippen LogP contribution in [-0.4, -0.2) is 15.0 Å². The molecule has 3 nitrogen and oxygen atoms in total. The topological polar surface area (TPSA) is 30.7 Å². The number of aryl methyl sites for hydroxylation is 2. The third-order valence-electron chi connectivity index (χ3n) is 4.54. The summed E-state index contributed by atoms with van der Waals surface area (Å²) in [5.74, 6) is 0. The van der Waals surface area contributed by atoms with Crippen LogP contribution in [-0.2, 0) is 17.1 Å². The molecule has 1 heterocycles. The van der Waals surface area contributed by atoms with Gasteiger partial charge in [-0.3, -0.25) is 0 Å². The van der Waals surface area contributed by atoms with E-state index in [-0.39, 0.29) is 23.1 Å². The number of benzene rings is 3. The molecular formula is C23H20CuN3. The van der Waals surface area contributed by atoms with Crippen molar-refractivity contribution in [2.45, 2.75) is 19.9 Å². The van der Waals surface area contributed by atoms with Crippen LogP contribution in [0.5, 0.6) is 0 Å². The molecule has 4 aromatic rings. The molecular weight excluding hydrogens is 382 g/mol. The van der Waals surface area contributed by atoms with Crippen molar-refractivity contribution < 1.29 is 17.1 Å². The van der Waals surface area contributed by atoms with Gasteiger partial charge in [-0.05, 0) is 25.0 Å². The Labute approximate surface area is 170 Å². The molecule has 0 amide bonds. The first kappa shape index (κ1) is 19.1. The predicted molar refractivity (Wildman–Crippen MR) is 104 cm³/mol. The monoisotopic (exact) mass is 401 g/mol. The fourth-order valence-corrected chi connectivity index (χ4v) is 3.05. The van der Waals surface area contributed by atoms with Gasteiger partial charge >= 0.3 is 17.1 Å². The van der Waals surface area contributed by atoms with Crippen LogP contribution in [0.1, 0.15) is 28.3 Å². The van der Waals surface area contributed by atoms with Crippen LogP contribution >= 0.6 is 0 Å². The molecule has 0 fully saturated rings. The summed E-state index contributed by atoms with van der Waals surface area (Å²) in [4.78, 5) is 0. The number of nitrogens with zero attached hydrogens (tertiary/aromatic N) is 3. The normalized spacial score (nSPS) is 10.6. The van der Waals surface area contributed by atoms with E-state index in [0.717, 1.165) is 11.3 Å². The van der Waals surface area contributed by atoms with Crippen LogP contribution in [0.3, 0.4) is 0 Å². The van der Waals surface area contributed by atoms with Crippen molar-refractivity contribution >= 4 is 0 Å². The summed E-state index contributed by atoms with van der Waals surface area (Å²) in [7, 11) is 0. The molecule has 0 N–H and O–H groups in total. The van der Waals surface area contributed by atoms with Crippen LogP contribution < -0.4 is 0 Å². The first-order valence-corrected chi connectivity index (χ1v) is 8.74. The molecule has 0 aliphatic carbocycles. The third kappa shape index (κ3) is 4.19. The summed E-state index contributed by atoms with van der Waals surface area (Å²) in [6.45, 7) is 4.19. The van der Waals surface area contributed by atoms with Gasteiger partial charge in [0.15, 0.2) is 0 Å². The number of hydrogen-bond acceptors (Lipinski definition) is 2. The second-order valence-electron chi connectivity index (χ2n) is 6.58. The van der Waals surface area contributed by atoms with Crippen molar-refractivity contribution in [3.8, 4) is 11.3 Å². The number of hydrogen-bond donors (Lipinski definition) is 0. The fourth-order valence-electron chi connectivity index (χ4n) is 3.05. The summed E-state index contributed by atoms with van der Waals surface area (Å²) in [6, 6.07) is 27.1. The van der Waals surface area contributed by atoms with Crippen molar-refractivity contribution in [2.75, 3.05) is 0 Å². The van der Waals surface area contributed by atoms with E-state index in [2.05, 4.69) is 78.9 Å². The minimum atomic E-state index is -0.0545. The Balaban J connectivity index is 0.00000210. The summed E-state index contributed by atoms with van der Waals surface area (Å²) in [5.41, 5.74) is 6.59. The molecule has 27 heavy (non-hydrogen) atoms. The first-order valence-electron chi connectivity index (χ1n) is 8.74. The van der Waals surface area contributed by atoms with E-state index in [0.29, 0.717) is 0 Å². The molecule has 4 rings (SSSR count). The van der Waals surface area contributed by atoms with Gasteiger partial charge < -0.3 is 4.68 Å². The predicted octanol–water partition coefficient (Wildman–Crippen LogP) is 5.00. The summed E-state index contributed by atoms with van der Waals surface area (Å²) in [5, 5.41) is 8.75. The molecule has 0 bridgehead atoms. The van der Waals surface area contributed by atoms with Crippen LogP contribution in [0.4, 0.5) is 0 Å². The van der Waals surface area contributed by atoms with Gasteiger partial charge in [0, 0.05) is 0 Å². The zero-order valence-electron chi connectivity index (χ0n) is 15.2. The largest absolute Gasteiger partial charge is 1.00 e. The van der Waals surface area contributed by atoms with Crippen LogP contribution in [0.2, 0.25) is 0 Å². The van der Waals surface area contributed by atoms with Gasteiger partial charge in [-0.1, -0.05) is 88.8 Å². The Kier molecular flexibility index (Phi) is 5.90. The van der Waals surface area contributed by atoms with E-state index < -0.39 is 0 Å². The standard InChI is InChI=1S/C23H20N3.Cu/c1-17-8-12-20(13-9-17)23(21-14-10-18(2)11-15-21)26-16-22(24-25-26)19-6-4-3-5-7-19;/h3-15,23H,1-2H3;/q-1;+1. The molecule has 0 atom stereocenters. The van der Waals surface area contributed by atoms with Crippen molar-refractivity contribution in [3.05, 3.63) is 107 Å². The molecule has 4 heteroatoms. The molecule has 0 saturated heterocycles. The van der Waals surface area contributed by atoms with E-state index in [1.807, 2.05) is 35.0 Å². The molecule has 0 aliphatic heterocycles. The fraction of sp³-hybridized carbons (Fsp3) is 0.130. The van der Waals surface area contributed by atoms with Gasteiger partial charge in [0.25, 0.3) is 0 Å². The van der Waals surface area contributed by atoms with Gasteiger partial charge in [-0.25, -0.2) is 0 Å². The quantitative estimate of drug-likeness (QED) is 0.356. The first-order chi connectivity index (χ1) is 12.7. The minimum Gasteiger partial charge on any atom is -0.327 e. The Hall–Kier alpha value is -2.68. The summed E-state index contributed by atoms with van der Waals surface area (Å²) >= 11 is 0.